The van der Waals surface area contributed by atoms with Crippen LogP contribution in [-0.4, -0.2) is 48.7 Å². The third-order valence-corrected chi connectivity index (χ3v) is 6.36. The van der Waals surface area contributed by atoms with Gasteiger partial charge in [-0.25, -0.2) is 18.2 Å². The summed E-state index contributed by atoms with van der Waals surface area (Å²) < 4.78 is 34.5. The number of aromatic nitrogens is 2. The lowest BCUT2D eigenvalue weighted by atomic mass is 10.2. The minimum Gasteiger partial charge on any atom is -0.450 e. The Bertz CT molecular complexity index is 1390. The van der Waals surface area contributed by atoms with Crippen LogP contribution < -0.4 is 5.73 Å². The van der Waals surface area contributed by atoms with E-state index in [0.717, 1.165) is 6.26 Å². The molecule has 178 valence electrons. The van der Waals surface area contributed by atoms with Crippen LogP contribution in [0.2, 0.25) is 5.02 Å². The number of hydrogen-bond donors (Lipinski definition) is 1. The number of halogens is 2. The number of para-hydroxylation sites is 1. The van der Waals surface area contributed by atoms with E-state index in [1.165, 1.54) is 23.9 Å². The molecule has 0 aliphatic carbocycles. The Balaban J connectivity index is 2.11. The summed E-state index contributed by atoms with van der Waals surface area (Å²) in [7, 11) is -3.46. The van der Waals surface area contributed by atoms with E-state index in [9.17, 15) is 13.2 Å². The standard InChI is InChI=1S/C21H18Cl2N4O5S2/c1-33-11-31-21(28)17(24)16(23)18(25-15-9-4-3-8-14(15)22)20-27-26-19(32-20)12-6-5-7-13(10-12)34(2,29)30/h3-10H,11,24H2,1-2H3. The van der Waals surface area contributed by atoms with Crippen LogP contribution in [0.4, 0.5) is 5.69 Å². The Hall–Kier alpha value is -2.86. The molecule has 0 unspecified atom stereocenters. The highest BCUT2D eigenvalue weighted by molar-refractivity contribution is 7.98. The molecule has 9 nitrogen and oxygen atoms in total. The van der Waals surface area contributed by atoms with E-state index in [-0.39, 0.29) is 33.4 Å². The third kappa shape index (κ3) is 6.17. The van der Waals surface area contributed by atoms with Gasteiger partial charge in [0.25, 0.3) is 5.89 Å². The molecule has 0 aliphatic heterocycles. The quantitative estimate of drug-likeness (QED) is 0.193. The Morgan fingerprint density at radius 1 is 1.21 bits per heavy atom. The number of hydrogen-bond acceptors (Lipinski definition) is 10. The number of aliphatic imine (C=N–C) groups is 1. The number of thioether (sulfide) groups is 1. The fraction of sp³-hybridized carbons (Fsp3) is 0.143. The van der Waals surface area contributed by atoms with E-state index < -0.39 is 21.5 Å². The zero-order valence-corrected chi connectivity index (χ0v) is 21.0. The number of allylic oxidation sites excluding steroid dienone is 1. The summed E-state index contributed by atoms with van der Waals surface area (Å²) in [4.78, 5) is 16.7. The third-order valence-electron chi connectivity index (χ3n) is 4.19. The van der Waals surface area contributed by atoms with Crippen molar-refractivity contribution in [2.24, 2.45) is 10.7 Å². The highest BCUT2D eigenvalue weighted by atomic mass is 35.5. The van der Waals surface area contributed by atoms with Crippen LogP contribution in [0.25, 0.3) is 11.5 Å². The molecule has 0 saturated heterocycles. The molecule has 13 heteroatoms. The Labute approximate surface area is 209 Å². The number of nitrogens with two attached hydrogens (primary N) is 1. The Morgan fingerprint density at radius 3 is 2.62 bits per heavy atom. The van der Waals surface area contributed by atoms with Crippen LogP contribution in [0, 0.1) is 0 Å². The molecule has 2 aromatic carbocycles. The van der Waals surface area contributed by atoms with Crippen molar-refractivity contribution in [1.82, 2.24) is 10.2 Å². The molecule has 0 spiro atoms. The maximum Gasteiger partial charge on any atom is 0.356 e. The molecule has 3 rings (SSSR count). The average molecular weight is 541 g/mol. The summed E-state index contributed by atoms with van der Waals surface area (Å²) >= 11 is 13.9. The van der Waals surface area contributed by atoms with Gasteiger partial charge in [-0.2, -0.15) is 0 Å². The van der Waals surface area contributed by atoms with Crippen LogP contribution in [0.15, 0.2) is 73.6 Å². The second-order valence-corrected chi connectivity index (χ2v) is 10.3. The van der Waals surface area contributed by atoms with Gasteiger partial charge in [0.1, 0.15) is 22.4 Å². The normalized spacial score (nSPS) is 12.9. The van der Waals surface area contributed by atoms with Gasteiger partial charge in [-0.05, 0) is 36.6 Å². The van der Waals surface area contributed by atoms with Crippen molar-refractivity contribution in [2.45, 2.75) is 4.90 Å². The number of nitrogens with zero attached hydrogens (tertiary/aromatic N) is 3. The van der Waals surface area contributed by atoms with Crippen LogP contribution in [-0.2, 0) is 19.4 Å². The fourth-order valence-electron chi connectivity index (χ4n) is 2.56. The van der Waals surface area contributed by atoms with Gasteiger partial charge in [-0.3, -0.25) is 0 Å². The van der Waals surface area contributed by atoms with Crippen molar-refractivity contribution >= 4 is 62.2 Å². The smallest absolute Gasteiger partial charge is 0.356 e. The summed E-state index contributed by atoms with van der Waals surface area (Å²) in [6.07, 6.45) is 2.83. The Kier molecular flexibility index (Phi) is 8.37. The summed E-state index contributed by atoms with van der Waals surface area (Å²) in [6, 6.07) is 12.6. The zero-order valence-electron chi connectivity index (χ0n) is 17.9. The second-order valence-electron chi connectivity index (χ2n) is 6.69. The van der Waals surface area contributed by atoms with E-state index >= 15 is 0 Å². The van der Waals surface area contributed by atoms with Crippen molar-refractivity contribution in [3.05, 3.63) is 70.2 Å². The number of sulfone groups is 1. The van der Waals surface area contributed by atoms with Gasteiger partial charge < -0.3 is 14.9 Å². The van der Waals surface area contributed by atoms with Gasteiger partial charge in [0.2, 0.25) is 5.89 Å². The lowest BCUT2D eigenvalue weighted by Gasteiger charge is -2.07. The summed E-state index contributed by atoms with van der Waals surface area (Å²) in [5.41, 5.74) is 6.04. The van der Waals surface area contributed by atoms with Gasteiger partial charge in [0.15, 0.2) is 9.84 Å². The van der Waals surface area contributed by atoms with Crippen molar-refractivity contribution in [2.75, 3.05) is 18.5 Å². The number of esters is 1. The lowest BCUT2D eigenvalue weighted by Crippen LogP contribution is -2.19. The Morgan fingerprint density at radius 2 is 1.94 bits per heavy atom. The molecule has 0 radical (unpaired) electrons. The van der Waals surface area contributed by atoms with Crippen LogP contribution in [0.3, 0.4) is 0 Å². The van der Waals surface area contributed by atoms with Crippen molar-refractivity contribution in [3.8, 4) is 11.5 Å². The summed E-state index contributed by atoms with van der Waals surface area (Å²) in [5, 5.41) is 7.94. The second kappa shape index (κ2) is 11.0. The number of benzene rings is 2. The van der Waals surface area contributed by atoms with Crippen molar-refractivity contribution in [3.63, 3.8) is 0 Å². The molecule has 0 saturated carbocycles. The van der Waals surface area contributed by atoms with Crippen LogP contribution in [0.1, 0.15) is 5.89 Å². The number of ether oxygens (including phenoxy) is 1. The molecule has 0 aliphatic rings. The zero-order chi connectivity index (χ0) is 24.9. The molecule has 1 heterocycles. The van der Waals surface area contributed by atoms with Crippen molar-refractivity contribution in [1.29, 1.82) is 0 Å². The molecular weight excluding hydrogens is 523 g/mol. The van der Waals surface area contributed by atoms with Crippen LogP contribution in [0.5, 0.6) is 0 Å². The van der Waals surface area contributed by atoms with E-state index in [1.54, 1.807) is 42.7 Å². The minimum absolute atomic E-state index is 0.000330. The first-order valence-electron chi connectivity index (χ1n) is 9.41. The molecular formula is C21H18Cl2N4O5S2. The first-order valence-corrected chi connectivity index (χ1v) is 13.4. The average Bonchev–Trinajstić information content (AvgIpc) is 3.30. The van der Waals surface area contributed by atoms with E-state index in [4.69, 9.17) is 38.1 Å². The van der Waals surface area contributed by atoms with Gasteiger partial charge in [-0.1, -0.05) is 41.4 Å². The molecule has 1 aromatic heterocycles. The molecule has 0 bridgehead atoms. The van der Waals surface area contributed by atoms with E-state index in [0.29, 0.717) is 16.3 Å². The maximum absolute atomic E-state index is 12.2. The SMILES string of the molecule is CSCOC(=O)C(N)=C(Cl)C(=Nc1ccccc1Cl)c1nnc(-c2cccc(S(C)(=O)=O)c2)o1. The predicted molar refractivity (Wildman–Crippen MR) is 132 cm³/mol. The monoisotopic (exact) mass is 540 g/mol. The first-order chi connectivity index (χ1) is 16.1. The van der Waals surface area contributed by atoms with E-state index in [1.807, 2.05) is 0 Å². The topological polar surface area (TPSA) is 138 Å². The molecule has 0 fully saturated rings. The van der Waals surface area contributed by atoms with E-state index in [2.05, 4.69) is 15.2 Å². The molecule has 34 heavy (non-hydrogen) atoms. The molecule has 0 atom stereocenters. The fourth-order valence-corrected chi connectivity index (χ4v) is 3.83. The van der Waals surface area contributed by atoms with Gasteiger partial charge in [0.05, 0.1) is 15.6 Å². The highest BCUT2D eigenvalue weighted by Crippen LogP contribution is 2.29. The molecule has 0 amide bonds. The molecule has 2 N–H and O–H groups in total. The largest absolute Gasteiger partial charge is 0.450 e. The lowest BCUT2D eigenvalue weighted by molar-refractivity contribution is -0.136. The summed E-state index contributed by atoms with van der Waals surface area (Å²) in [6.45, 7) is 0. The summed E-state index contributed by atoms with van der Waals surface area (Å²) in [5.74, 6) is -0.959. The highest BCUT2D eigenvalue weighted by Gasteiger charge is 2.24. The number of rotatable bonds is 8. The number of carbonyl (C=O) groups excluding carboxylic acids is 1. The van der Waals surface area contributed by atoms with Gasteiger partial charge in [-0.15, -0.1) is 22.0 Å². The predicted octanol–water partition coefficient (Wildman–Crippen LogP) is 4.19. The van der Waals surface area contributed by atoms with Crippen LogP contribution >= 0.6 is 35.0 Å². The van der Waals surface area contributed by atoms with Crippen molar-refractivity contribution < 1.29 is 22.4 Å². The first kappa shape index (κ1) is 25.8. The number of carbonyl (C=O) groups is 1. The van der Waals surface area contributed by atoms with Gasteiger partial charge in [0, 0.05) is 11.8 Å². The minimum atomic E-state index is -3.46. The molecule has 3 aromatic rings. The van der Waals surface area contributed by atoms with Gasteiger partial charge >= 0.3 is 5.97 Å². The maximum atomic E-state index is 12.2.